The van der Waals surface area contributed by atoms with Crippen molar-refractivity contribution in [1.82, 2.24) is 24.8 Å². The number of carboxylic acids is 1. The summed E-state index contributed by atoms with van der Waals surface area (Å²) in [7, 11) is 0. The van der Waals surface area contributed by atoms with E-state index in [4.69, 9.17) is 10.1 Å². The summed E-state index contributed by atoms with van der Waals surface area (Å²) >= 11 is 1.29. The van der Waals surface area contributed by atoms with Crippen LogP contribution >= 0.6 is 11.3 Å². The second kappa shape index (κ2) is 14.0. The summed E-state index contributed by atoms with van der Waals surface area (Å²) in [5.41, 5.74) is 0.662. The number of hydrogen-bond acceptors (Lipinski definition) is 9. The number of benzene rings is 1. The van der Waals surface area contributed by atoms with Gasteiger partial charge in [0.2, 0.25) is 5.82 Å². The molecule has 0 bridgehead atoms. The Bertz CT molecular complexity index is 1500. The number of rotatable bonds is 10. The van der Waals surface area contributed by atoms with E-state index >= 15 is 4.39 Å². The highest BCUT2D eigenvalue weighted by Crippen LogP contribution is 2.39. The Hall–Kier alpha value is -3.36. The van der Waals surface area contributed by atoms with Crippen LogP contribution in [0.25, 0.3) is 11.3 Å². The zero-order valence-corrected chi connectivity index (χ0v) is 26.5. The number of halogens is 4. The summed E-state index contributed by atoms with van der Waals surface area (Å²) < 4.78 is 57.4. The molecule has 0 unspecified atom stereocenters. The van der Waals surface area contributed by atoms with Crippen molar-refractivity contribution in [3.05, 3.63) is 46.3 Å². The van der Waals surface area contributed by atoms with Gasteiger partial charge in [-0.1, -0.05) is 24.7 Å². The van der Waals surface area contributed by atoms with Gasteiger partial charge in [0.25, 0.3) is 0 Å². The van der Waals surface area contributed by atoms with Crippen molar-refractivity contribution in [2.24, 2.45) is 0 Å². The van der Waals surface area contributed by atoms with Gasteiger partial charge in [-0.3, -0.25) is 14.6 Å². The molecule has 4 heterocycles. The largest absolute Gasteiger partial charge is 0.481 e. The van der Waals surface area contributed by atoms with Gasteiger partial charge in [-0.05, 0) is 63.4 Å². The van der Waals surface area contributed by atoms with Gasteiger partial charge in [-0.25, -0.2) is 15.0 Å². The Morgan fingerprint density at radius 3 is 2.58 bits per heavy atom. The molecule has 2 atom stereocenters. The summed E-state index contributed by atoms with van der Waals surface area (Å²) in [6.45, 7) is 9.25. The van der Waals surface area contributed by atoms with E-state index in [0.29, 0.717) is 67.1 Å². The first-order chi connectivity index (χ1) is 21.4. The maximum Gasteiger partial charge on any atom is 0.416 e. The molecule has 0 aliphatic carbocycles. The van der Waals surface area contributed by atoms with Crippen LogP contribution in [0, 0.1) is 5.82 Å². The third-order valence-corrected chi connectivity index (χ3v) is 9.62. The van der Waals surface area contributed by atoms with Crippen LogP contribution in [0.5, 0.6) is 0 Å². The maximum absolute atomic E-state index is 15.9. The van der Waals surface area contributed by atoms with Gasteiger partial charge in [0.1, 0.15) is 6.33 Å². The SMILES string of the molecule is CCc1cc(-c2nc(Nc3ncnc(N4CCN(CCC(=O)O)[C@@H](C)C4)c3F)sc2CN2CCCC[C@H]2C)cc(C(F)(F)F)c1. The van der Waals surface area contributed by atoms with E-state index in [1.807, 2.05) is 18.7 Å². The molecular weight excluding hydrogens is 610 g/mol. The van der Waals surface area contributed by atoms with Crippen LogP contribution in [0.15, 0.2) is 24.5 Å². The predicted octanol–water partition coefficient (Wildman–Crippen LogP) is 6.42. The molecule has 2 aromatic heterocycles. The molecule has 2 fully saturated rings. The Labute approximate surface area is 264 Å². The maximum atomic E-state index is 15.9. The van der Waals surface area contributed by atoms with E-state index in [1.165, 1.54) is 23.7 Å². The zero-order chi connectivity index (χ0) is 32.3. The molecule has 0 saturated carbocycles. The quantitative estimate of drug-likeness (QED) is 0.241. The standard InChI is InChI=1S/C31H39F4N7O2S/c1-4-21-13-22(15-23(14-21)31(33,34)35)27-24(17-41-9-6-5-7-19(41)2)45-30(38-27)39-28-26(32)29(37-18-36-28)42-12-11-40(20(3)16-42)10-8-25(43)44/h13-15,18-20H,4-12,16-17H2,1-3H3,(H,43,44)(H,36,37,38,39)/t19-,20+/m1/s1. The van der Waals surface area contributed by atoms with Crippen LogP contribution in [-0.4, -0.2) is 80.6 Å². The number of anilines is 3. The molecular formula is C31H39F4N7O2S. The van der Waals surface area contributed by atoms with Crippen molar-refractivity contribution in [3.8, 4) is 11.3 Å². The fourth-order valence-corrected chi connectivity index (χ4v) is 7.05. The fraction of sp³-hybridized carbons (Fsp3) is 0.548. The molecule has 244 valence electrons. The van der Waals surface area contributed by atoms with E-state index in [1.54, 1.807) is 6.07 Å². The highest BCUT2D eigenvalue weighted by Gasteiger charge is 2.32. The Morgan fingerprint density at radius 2 is 1.89 bits per heavy atom. The summed E-state index contributed by atoms with van der Waals surface area (Å²) in [5, 5.41) is 12.4. The number of carbonyl (C=O) groups is 1. The lowest BCUT2D eigenvalue weighted by Gasteiger charge is -2.40. The number of carboxylic acid groups (broad SMARTS) is 1. The molecule has 14 heteroatoms. The molecule has 3 aromatic rings. The number of aryl methyl sites for hydroxylation is 1. The minimum atomic E-state index is -4.50. The van der Waals surface area contributed by atoms with Crippen LogP contribution in [-0.2, 0) is 23.9 Å². The van der Waals surface area contributed by atoms with Gasteiger partial charge in [-0.2, -0.15) is 17.6 Å². The van der Waals surface area contributed by atoms with Gasteiger partial charge in [0, 0.05) is 55.2 Å². The Balaban J connectivity index is 1.44. The van der Waals surface area contributed by atoms with E-state index in [9.17, 15) is 18.0 Å². The molecule has 2 saturated heterocycles. The number of piperidine rings is 1. The molecule has 0 spiro atoms. The van der Waals surface area contributed by atoms with Crippen LogP contribution in [0.4, 0.5) is 34.3 Å². The van der Waals surface area contributed by atoms with Crippen molar-refractivity contribution in [2.45, 2.75) is 77.7 Å². The number of likely N-dealkylation sites (tertiary alicyclic amines) is 1. The first-order valence-electron chi connectivity index (χ1n) is 15.4. The monoisotopic (exact) mass is 649 g/mol. The lowest BCUT2D eigenvalue weighted by molar-refractivity contribution is -0.138. The van der Waals surface area contributed by atoms with Gasteiger partial charge in [-0.15, -0.1) is 0 Å². The van der Waals surface area contributed by atoms with Crippen LogP contribution < -0.4 is 10.2 Å². The average molecular weight is 650 g/mol. The van der Waals surface area contributed by atoms with Gasteiger partial charge < -0.3 is 15.3 Å². The predicted molar refractivity (Wildman–Crippen MR) is 166 cm³/mol. The summed E-state index contributed by atoms with van der Waals surface area (Å²) in [6.07, 6.45) is 0.477. The number of nitrogens with zero attached hydrogens (tertiary/aromatic N) is 6. The van der Waals surface area contributed by atoms with Gasteiger partial charge in [0.05, 0.1) is 17.7 Å². The topological polar surface area (TPSA) is 97.7 Å². The number of hydrogen-bond donors (Lipinski definition) is 2. The number of piperazine rings is 1. The van der Waals surface area contributed by atoms with Crippen LogP contribution in [0.3, 0.4) is 0 Å². The molecule has 0 amide bonds. The number of nitrogens with one attached hydrogen (secondary N) is 1. The summed E-state index contributed by atoms with van der Waals surface area (Å²) in [4.78, 5) is 31.1. The number of aliphatic carboxylic acids is 1. The number of aromatic nitrogens is 3. The van der Waals surface area contributed by atoms with Crippen LogP contribution in [0.2, 0.25) is 0 Å². The lowest BCUT2D eigenvalue weighted by atomic mass is 10.00. The fourth-order valence-electron chi connectivity index (χ4n) is 6.04. The smallest absolute Gasteiger partial charge is 0.416 e. The highest BCUT2D eigenvalue weighted by atomic mass is 32.1. The normalized spacial score (nSPS) is 20.0. The minimum Gasteiger partial charge on any atom is -0.481 e. The number of alkyl halides is 3. The first kappa shape index (κ1) is 33.0. The third kappa shape index (κ3) is 7.90. The molecule has 45 heavy (non-hydrogen) atoms. The van der Waals surface area contributed by atoms with Gasteiger partial charge in [0.15, 0.2) is 16.8 Å². The Morgan fingerprint density at radius 1 is 1.09 bits per heavy atom. The van der Waals surface area contributed by atoms with Crippen molar-refractivity contribution >= 4 is 34.1 Å². The van der Waals surface area contributed by atoms with Crippen molar-refractivity contribution in [2.75, 3.05) is 42.9 Å². The van der Waals surface area contributed by atoms with E-state index < -0.39 is 23.5 Å². The zero-order valence-electron chi connectivity index (χ0n) is 25.7. The van der Waals surface area contributed by atoms with Crippen molar-refractivity contribution in [1.29, 1.82) is 0 Å². The van der Waals surface area contributed by atoms with Crippen molar-refractivity contribution < 1.29 is 27.5 Å². The average Bonchev–Trinajstić information content (AvgIpc) is 3.40. The minimum absolute atomic E-state index is 0.00870. The van der Waals surface area contributed by atoms with Gasteiger partial charge >= 0.3 is 12.1 Å². The Kier molecular flexibility index (Phi) is 10.2. The van der Waals surface area contributed by atoms with Crippen LogP contribution in [0.1, 0.15) is 62.5 Å². The molecule has 2 aliphatic heterocycles. The summed E-state index contributed by atoms with van der Waals surface area (Å²) in [6, 6.07) is 4.38. The highest BCUT2D eigenvalue weighted by molar-refractivity contribution is 7.16. The molecule has 0 radical (unpaired) electrons. The molecule has 1 aromatic carbocycles. The second-order valence-corrected chi connectivity index (χ2v) is 12.9. The third-order valence-electron chi connectivity index (χ3n) is 8.66. The molecule has 2 aliphatic rings. The van der Waals surface area contributed by atoms with Crippen molar-refractivity contribution in [3.63, 3.8) is 0 Å². The van der Waals surface area contributed by atoms with E-state index in [-0.39, 0.29) is 24.1 Å². The number of thiazole rings is 1. The molecule has 9 nitrogen and oxygen atoms in total. The summed E-state index contributed by atoms with van der Waals surface area (Å²) in [5.74, 6) is -1.46. The lowest BCUT2D eigenvalue weighted by Crippen LogP contribution is -2.52. The van der Waals surface area contributed by atoms with E-state index in [0.717, 1.165) is 36.8 Å². The first-order valence-corrected chi connectivity index (χ1v) is 16.2. The molecule has 5 rings (SSSR count). The second-order valence-electron chi connectivity index (χ2n) is 11.8. The molecule has 2 N–H and O–H groups in total. The van der Waals surface area contributed by atoms with E-state index in [2.05, 4.69) is 32.0 Å².